The Morgan fingerprint density at radius 2 is 1.52 bits per heavy atom. The van der Waals surface area contributed by atoms with Crippen molar-refractivity contribution in [2.24, 2.45) is 10.8 Å². The quantitative estimate of drug-likeness (QED) is 0.403. The molecule has 0 spiro atoms. The summed E-state index contributed by atoms with van der Waals surface area (Å²) in [5, 5.41) is 8.84. The summed E-state index contributed by atoms with van der Waals surface area (Å²) in [5.74, 6) is -1.06. The minimum absolute atomic E-state index is 0. The van der Waals surface area contributed by atoms with E-state index in [9.17, 15) is 9.59 Å². The normalized spacial score (nSPS) is 24.6. The van der Waals surface area contributed by atoms with Crippen LogP contribution in [0.25, 0.3) is 0 Å². The van der Waals surface area contributed by atoms with Crippen molar-refractivity contribution in [1.29, 1.82) is 0 Å². The monoisotopic (exact) mass is 426 g/mol. The van der Waals surface area contributed by atoms with Crippen LogP contribution in [0.5, 0.6) is 0 Å². The van der Waals surface area contributed by atoms with Crippen LogP contribution in [0.1, 0.15) is 31.2 Å². The van der Waals surface area contributed by atoms with E-state index in [2.05, 4.69) is 13.2 Å². The fraction of sp³-hybridized carbons (Fsp3) is 0.478. The van der Waals surface area contributed by atoms with Crippen molar-refractivity contribution in [3.05, 3.63) is 61.2 Å². The summed E-state index contributed by atoms with van der Waals surface area (Å²) in [4.78, 5) is 22.9. The molecule has 2 unspecified atom stereocenters. The average Bonchev–Trinajstić information content (AvgIpc) is 2.79. The van der Waals surface area contributed by atoms with Crippen LogP contribution < -0.4 is 18.9 Å². The molecule has 1 aromatic rings. The second-order valence-corrected chi connectivity index (χ2v) is 7.40. The van der Waals surface area contributed by atoms with Gasteiger partial charge in [-0.15, -0.1) is 13.2 Å². The van der Waals surface area contributed by atoms with Gasteiger partial charge in [-0.2, -0.15) is 0 Å². The Kier molecular flexibility index (Phi) is 13.4. The zero-order valence-corrected chi connectivity index (χ0v) is 18.3. The molecule has 0 bridgehead atoms. The number of hydrogen-bond donors (Lipinski definition) is 1. The van der Waals surface area contributed by atoms with E-state index >= 15 is 0 Å². The van der Waals surface area contributed by atoms with Crippen molar-refractivity contribution in [3.63, 3.8) is 0 Å². The third kappa shape index (κ3) is 7.95. The topological polar surface area (TPSA) is 112 Å². The number of hydrogen-bond acceptors (Lipinski definition) is 6. The van der Waals surface area contributed by atoms with Gasteiger partial charge >= 0.3 is 30.8 Å². The van der Waals surface area contributed by atoms with Crippen molar-refractivity contribution >= 4 is 11.9 Å². The molecule has 8 heteroatoms. The van der Waals surface area contributed by atoms with Crippen LogP contribution in [-0.4, -0.2) is 48.9 Å². The van der Waals surface area contributed by atoms with E-state index in [0.717, 1.165) is 24.8 Å². The predicted molar refractivity (Wildman–Crippen MR) is 111 cm³/mol. The van der Waals surface area contributed by atoms with Crippen molar-refractivity contribution in [1.82, 2.24) is 0 Å². The summed E-state index contributed by atoms with van der Waals surface area (Å²) in [5.41, 5.74) is -0.493. The summed E-state index contributed by atoms with van der Waals surface area (Å²) >= 11 is 0. The van der Waals surface area contributed by atoms with Gasteiger partial charge in [0.25, 0.3) is 0 Å². The molecule has 0 saturated carbocycles. The van der Waals surface area contributed by atoms with Gasteiger partial charge in [0.2, 0.25) is 0 Å². The van der Waals surface area contributed by atoms with Gasteiger partial charge in [-0.3, -0.25) is 9.59 Å². The third-order valence-corrected chi connectivity index (χ3v) is 5.37. The van der Waals surface area contributed by atoms with Gasteiger partial charge in [-0.25, -0.2) is 0 Å². The largest absolute Gasteiger partial charge is 1.00 e. The second kappa shape index (κ2) is 14.2. The average molecular weight is 426 g/mol. The second-order valence-electron chi connectivity index (χ2n) is 7.40. The molecular formula is C23H31LiO7. The van der Waals surface area contributed by atoms with Crippen LogP contribution in [0.4, 0.5) is 0 Å². The molecule has 2 aliphatic heterocycles. The molecule has 2 heterocycles. The van der Waals surface area contributed by atoms with Gasteiger partial charge in [-0.05, 0) is 31.2 Å². The molecule has 2 fully saturated rings. The first-order valence-electron chi connectivity index (χ1n) is 9.85. The van der Waals surface area contributed by atoms with Gasteiger partial charge in [0.05, 0.1) is 13.2 Å². The number of carboxylic acids is 1. The molecule has 0 aliphatic carbocycles. The molecule has 7 nitrogen and oxygen atoms in total. The minimum Gasteiger partial charge on any atom is -0.870 e. The van der Waals surface area contributed by atoms with Gasteiger partial charge in [0.15, 0.2) is 0 Å². The summed E-state index contributed by atoms with van der Waals surface area (Å²) in [6.07, 6.45) is 6.22. The molecule has 3 rings (SSSR count). The Balaban J connectivity index is 0.000000603. The molecule has 166 valence electrons. The summed E-state index contributed by atoms with van der Waals surface area (Å²) < 4.78 is 15.8. The first-order valence-corrected chi connectivity index (χ1v) is 9.85. The zero-order chi connectivity index (χ0) is 21.2. The molecule has 1 aromatic carbocycles. The molecule has 0 radical (unpaired) electrons. The Labute approximate surface area is 195 Å². The Morgan fingerprint density at radius 3 is 1.90 bits per heavy atom. The maximum absolute atomic E-state index is 12.2. The van der Waals surface area contributed by atoms with Crippen LogP contribution in [-0.2, 0) is 30.4 Å². The third-order valence-electron chi connectivity index (χ3n) is 5.37. The zero-order valence-electron chi connectivity index (χ0n) is 18.3. The van der Waals surface area contributed by atoms with E-state index in [1.54, 1.807) is 6.08 Å². The summed E-state index contributed by atoms with van der Waals surface area (Å²) in [6.45, 7) is 9.60. The SMILES string of the molecule is C=CC1(C(=O)O)CCCOC1.C=CC1(C(=O)OCc2ccccc2)CCCOC1.[Li+].[OH-]. The number of aliphatic carboxylic acids is 1. The Hall–Kier alpha value is -1.88. The maximum Gasteiger partial charge on any atom is 1.00 e. The van der Waals surface area contributed by atoms with E-state index in [4.69, 9.17) is 19.3 Å². The molecule has 2 N–H and O–H groups in total. The molecule has 2 aliphatic rings. The van der Waals surface area contributed by atoms with Crippen LogP contribution in [0.15, 0.2) is 55.6 Å². The number of ether oxygens (including phenoxy) is 3. The Bertz CT molecular complexity index is 693. The number of carbonyl (C=O) groups is 2. The maximum atomic E-state index is 12.2. The Morgan fingerprint density at radius 1 is 1.00 bits per heavy atom. The van der Waals surface area contributed by atoms with E-state index in [-0.39, 0.29) is 36.9 Å². The predicted octanol–water partition coefficient (Wildman–Crippen LogP) is 0.594. The minimum atomic E-state index is -0.827. The van der Waals surface area contributed by atoms with Crippen molar-refractivity contribution in [2.45, 2.75) is 32.3 Å². The fourth-order valence-electron chi connectivity index (χ4n) is 3.32. The molecule has 0 aromatic heterocycles. The van der Waals surface area contributed by atoms with E-state index < -0.39 is 16.8 Å². The van der Waals surface area contributed by atoms with Crippen LogP contribution in [0.2, 0.25) is 0 Å². The van der Waals surface area contributed by atoms with Crippen LogP contribution in [0, 0.1) is 10.8 Å². The number of rotatable bonds is 6. The van der Waals surface area contributed by atoms with Crippen molar-refractivity contribution < 1.29 is 53.2 Å². The number of benzene rings is 1. The smallest absolute Gasteiger partial charge is 0.870 e. The van der Waals surface area contributed by atoms with Crippen molar-refractivity contribution in [3.8, 4) is 0 Å². The van der Waals surface area contributed by atoms with Gasteiger partial charge in [0, 0.05) is 13.2 Å². The first kappa shape index (κ1) is 29.1. The summed E-state index contributed by atoms with van der Waals surface area (Å²) in [6, 6.07) is 9.66. The van der Waals surface area contributed by atoms with E-state index in [1.165, 1.54) is 6.08 Å². The molecule has 2 atom stereocenters. The van der Waals surface area contributed by atoms with E-state index in [1.807, 2.05) is 30.3 Å². The van der Waals surface area contributed by atoms with Crippen LogP contribution >= 0.6 is 0 Å². The number of carbonyl (C=O) groups excluding carboxylic acids is 1. The first-order chi connectivity index (χ1) is 14.0. The molecular weight excluding hydrogens is 395 g/mol. The number of carboxylic acid groups (broad SMARTS) is 1. The standard InChI is InChI=1S/C15H18O3.C8H12O3.Li.H2O/c1-2-15(9-6-10-17-12-15)14(16)18-11-13-7-4-3-5-8-13;1-2-8(7(9)10)4-3-5-11-6-8;;/h2-5,7-8H,1,6,9-12H2;2H,1,3-6H2,(H,9,10);;1H2/q;;+1;/p-1. The van der Waals surface area contributed by atoms with Gasteiger partial charge < -0.3 is 24.8 Å². The van der Waals surface area contributed by atoms with Gasteiger partial charge in [0.1, 0.15) is 17.4 Å². The van der Waals surface area contributed by atoms with Crippen molar-refractivity contribution in [2.75, 3.05) is 26.4 Å². The summed E-state index contributed by atoms with van der Waals surface area (Å²) in [7, 11) is 0. The fourth-order valence-corrected chi connectivity index (χ4v) is 3.32. The van der Waals surface area contributed by atoms with Gasteiger partial charge in [-0.1, -0.05) is 42.5 Å². The molecule has 2 saturated heterocycles. The molecule has 0 amide bonds. The number of esters is 1. The molecule has 31 heavy (non-hydrogen) atoms. The van der Waals surface area contributed by atoms with E-state index in [0.29, 0.717) is 32.8 Å². The van der Waals surface area contributed by atoms with Crippen LogP contribution in [0.3, 0.4) is 0 Å².